The highest BCUT2D eigenvalue weighted by molar-refractivity contribution is 8.00. The van der Waals surface area contributed by atoms with E-state index in [1.807, 2.05) is 18.2 Å². The Hall–Kier alpha value is -2.66. The number of nitrogens with zero attached hydrogens (tertiary/aromatic N) is 3. The summed E-state index contributed by atoms with van der Waals surface area (Å²) in [6.45, 7) is 0. The normalized spacial score (nSPS) is 11.2. The standard InChI is InChI=1S/C16H12F3N5OS2/c17-16(18,19)10-4-3-6-11(8-10)21-13(25)22-14-23-24-15(27-14)26-9-12-5-1-2-7-20-12/h1-8H,9H2,(H2,21,22,23,25). The Morgan fingerprint density at radius 1 is 1.11 bits per heavy atom. The number of halogens is 3. The van der Waals surface area contributed by atoms with Gasteiger partial charge in [-0.2, -0.15) is 13.2 Å². The summed E-state index contributed by atoms with van der Waals surface area (Å²) >= 11 is 2.58. The van der Waals surface area contributed by atoms with Gasteiger partial charge in [0.25, 0.3) is 0 Å². The predicted molar refractivity (Wildman–Crippen MR) is 97.8 cm³/mol. The number of urea groups is 1. The number of rotatable bonds is 5. The summed E-state index contributed by atoms with van der Waals surface area (Å²) < 4.78 is 38.7. The molecule has 6 nitrogen and oxygen atoms in total. The van der Waals surface area contributed by atoms with E-state index in [2.05, 4.69) is 25.8 Å². The number of anilines is 2. The van der Waals surface area contributed by atoms with Gasteiger partial charge in [-0.15, -0.1) is 10.2 Å². The maximum Gasteiger partial charge on any atom is 0.416 e. The number of nitrogens with one attached hydrogen (secondary N) is 2. The number of thioether (sulfide) groups is 1. The van der Waals surface area contributed by atoms with Gasteiger partial charge in [0.1, 0.15) is 0 Å². The third kappa shape index (κ3) is 5.66. The van der Waals surface area contributed by atoms with E-state index in [9.17, 15) is 18.0 Å². The highest BCUT2D eigenvalue weighted by Crippen LogP contribution is 2.31. The van der Waals surface area contributed by atoms with E-state index in [1.165, 1.54) is 23.9 Å². The van der Waals surface area contributed by atoms with Crippen molar-refractivity contribution in [3.05, 3.63) is 59.9 Å². The van der Waals surface area contributed by atoms with Gasteiger partial charge >= 0.3 is 12.2 Å². The van der Waals surface area contributed by atoms with Gasteiger partial charge in [0.15, 0.2) is 4.34 Å². The molecule has 0 atom stereocenters. The first-order valence-corrected chi connectivity index (χ1v) is 9.32. The average molecular weight is 411 g/mol. The van der Waals surface area contributed by atoms with Crippen molar-refractivity contribution in [2.45, 2.75) is 16.3 Å². The number of amides is 2. The van der Waals surface area contributed by atoms with Crippen LogP contribution < -0.4 is 10.6 Å². The maximum absolute atomic E-state index is 12.7. The van der Waals surface area contributed by atoms with Gasteiger partial charge in [-0.1, -0.05) is 35.2 Å². The molecule has 0 bridgehead atoms. The van der Waals surface area contributed by atoms with Crippen molar-refractivity contribution in [2.75, 3.05) is 10.6 Å². The molecule has 0 unspecified atom stereocenters. The second-order valence-corrected chi connectivity index (χ2v) is 7.34. The van der Waals surface area contributed by atoms with Crippen LogP contribution in [0.3, 0.4) is 0 Å². The summed E-state index contributed by atoms with van der Waals surface area (Å²) in [5.41, 5.74) is 0.0653. The fraction of sp³-hybridized carbons (Fsp3) is 0.125. The summed E-state index contributed by atoms with van der Waals surface area (Å²) in [5, 5.41) is 12.8. The molecule has 0 aliphatic carbocycles. The van der Waals surface area contributed by atoms with Crippen LogP contribution in [0.1, 0.15) is 11.3 Å². The lowest BCUT2D eigenvalue weighted by molar-refractivity contribution is -0.137. The van der Waals surface area contributed by atoms with Crippen LogP contribution in [0, 0.1) is 0 Å². The van der Waals surface area contributed by atoms with Crippen LogP contribution in [-0.4, -0.2) is 21.2 Å². The van der Waals surface area contributed by atoms with E-state index in [4.69, 9.17) is 0 Å². The van der Waals surface area contributed by atoms with E-state index in [0.717, 1.165) is 29.2 Å². The number of pyridine rings is 1. The van der Waals surface area contributed by atoms with Crippen LogP contribution in [0.15, 0.2) is 53.0 Å². The van der Waals surface area contributed by atoms with Gasteiger partial charge in [0, 0.05) is 17.6 Å². The molecule has 2 heterocycles. The third-order valence-electron chi connectivity index (χ3n) is 3.14. The highest BCUT2D eigenvalue weighted by Gasteiger charge is 2.30. The number of carbonyl (C=O) groups excluding carboxylic acids is 1. The molecule has 0 saturated heterocycles. The molecule has 0 aliphatic heterocycles. The average Bonchev–Trinajstić information content (AvgIpc) is 3.07. The molecule has 140 valence electrons. The van der Waals surface area contributed by atoms with E-state index >= 15 is 0 Å². The van der Waals surface area contributed by atoms with Gasteiger partial charge < -0.3 is 5.32 Å². The molecule has 3 rings (SSSR count). The van der Waals surface area contributed by atoms with Crippen LogP contribution in [-0.2, 0) is 11.9 Å². The van der Waals surface area contributed by atoms with Crippen molar-refractivity contribution in [3.8, 4) is 0 Å². The number of carbonyl (C=O) groups is 1. The van der Waals surface area contributed by atoms with Gasteiger partial charge in [-0.05, 0) is 30.3 Å². The van der Waals surface area contributed by atoms with E-state index in [-0.39, 0.29) is 10.8 Å². The zero-order chi connectivity index (χ0) is 19.3. The lowest BCUT2D eigenvalue weighted by Gasteiger charge is -2.09. The molecular weight excluding hydrogens is 399 g/mol. The molecule has 0 aliphatic rings. The Kier molecular flexibility index (Phi) is 5.91. The number of hydrogen-bond donors (Lipinski definition) is 2. The Balaban J connectivity index is 1.55. The molecule has 27 heavy (non-hydrogen) atoms. The topological polar surface area (TPSA) is 79.8 Å². The number of aromatic nitrogens is 3. The van der Waals surface area contributed by atoms with Crippen molar-refractivity contribution in [1.29, 1.82) is 0 Å². The van der Waals surface area contributed by atoms with Crippen molar-refractivity contribution in [1.82, 2.24) is 15.2 Å². The molecule has 11 heteroatoms. The minimum absolute atomic E-state index is 0.0246. The summed E-state index contributed by atoms with van der Waals surface area (Å²) in [6, 6.07) is 9.26. The Morgan fingerprint density at radius 3 is 2.70 bits per heavy atom. The molecule has 0 radical (unpaired) electrons. The van der Waals surface area contributed by atoms with Gasteiger partial charge in [0.2, 0.25) is 5.13 Å². The van der Waals surface area contributed by atoms with E-state index in [0.29, 0.717) is 10.1 Å². The molecule has 3 aromatic rings. The molecule has 2 N–H and O–H groups in total. The van der Waals surface area contributed by atoms with Crippen molar-refractivity contribution in [3.63, 3.8) is 0 Å². The second kappa shape index (κ2) is 8.35. The monoisotopic (exact) mass is 411 g/mol. The zero-order valence-electron chi connectivity index (χ0n) is 13.5. The smallest absolute Gasteiger partial charge is 0.308 e. The van der Waals surface area contributed by atoms with E-state index < -0.39 is 17.8 Å². The summed E-state index contributed by atoms with van der Waals surface area (Å²) in [4.78, 5) is 16.1. The van der Waals surface area contributed by atoms with Crippen molar-refractivity contribution < 1.29 is 18.0 Å². The first kappa shape index (κ1) is 19.1. The number of benzene rings is 1. The first-order valence-electron chi connectivity index (χ1n) is 7.51. The van der Waals surface area contributed by atoms with Crippen molar-refractivity contribution in [2.24, 2.45) is 0 Å². The summed E-state index contributed by atoms with van der Waals surface area (Å²) in [7, 11) is 0. The zero-order valence-corrected chi connectivity index (χ0v) is 15.2. The Morgan fingerprint density at radius 2 is 1.96 bits per heavy atom. The van der Waals surface area contributed by atoms with Gasteiger partial charge in [-0.3, -0.25) is 10.3 Å². The number of alkyl halides is 3. The van der Waals surface area contributed by atoms with E-state index in [1.54, 1.807) is 6.20 Å². The maximum atomic E-state index is 12.7. The summed E-state index contributed by atoms with van der Waals surface area (Å²) in [5.74, 6) is 0.603. The lowest BCUT2D eigenvalue weighted by atomic mass is 10.2. The largest absolute Gasteiger partial charge is 0.416 e. The minimum Gasteiger partial charge on any atom is -0.308 e. The highest BCUT2D eigenvalue weighted by atomic mass is 32.2. The Labute approximate surface area is 160 Å². The molecular formula is C16H12F3N5OS2. The predicted octanol–water partition coefficient (Wildman–Crippen LogP) is 4.89. The molecule has 0 spiro atoms. The molecule has 2 amide bonds. The van der Waals surface area contributed by atoms with Gasteiger partial charge in [-0.25, -0.2) is 4.79 Å². The SMILES string of the molecule is O=C(Nc1cccc(C(F)(F)F)c1)Nc1nnc(SCc2ccccn2)s1. The molecule has 2 aromatic heterocycles. The van der Waals surface area contributed by atoms with Crippen molar-refractivity contribution >= 4 is 39.9 Å². The second-order valence-electron chi connectivity index (χ2n) is 5.14. The fourth-order valence-electron chi connectivity index (χ4n) is 1.97. The van der Waals surface area contributed by atoms with Crippen LogP contribution in [0.25, 0.3) is 0 Å². The minimum atomic E-state index is -4.48. The molecule has 1 aromatic carbocycles. The summed E-state index contributed by atoms with van der Waals surface area (Å²) in [6.07, 6.45) is -2.78. The lowest BCUT2D eigenvalue weighted by Crippen LogP contribution is -2.19. The number of hydrogen-bond acceptors (Lipinski definition) is 6. The first-order chi connectivity index (χ1) is 12.9. The Bertz CT molecular complexity index is 918. The van der Waals surface area contributed by atoms with Gasteiger partial charge in [0.05, 0.1) is 11.3 Å². The fourth-order valence-corrected chi connectivity index (χ4v) is 3.63. The molecule has 0 fully saturated rings. The quantitative estimate of drug-likeness (QED) is 0.462. The van der Waals surface area contributed by atoms with Crippen LogP contribution in [0.2, 0.25) is 0 Å². The van der Waals surface area contributed by atoms with Crippen LogP contribution >= 0.6 is 23.1 Å². The van der Waals surface area contributed by atoms with Crippen LogP contribution in [0.5, 0.6) is 0 Å². The van der Waals surface area contributed by atoms with Crippen LogP contribution in [0.4, 0.5) is 28.8 Å². The third-order valence-corrected chi connectivity index (χ3v) is 5.15. The molecule has 0 saturated carbocycles.